The number of hydrogen-bond acceptors (Lipinski definition) is 2. The number of rotatable bonds is 7. The van der Waals surface area contributed by atoms with Crippen LogP contribution >= 0.6 is 0 Å². The predicted octanol–water partition coefficient (Wildman–Crippen LogP) is 3.84. The van der Waals surface area contributed by atoms with Crippen molar-refractivity contribution in [2.75, 3.05) is 0 Å². The molecule has 0 spiro atoms. The van der Waals surface area contributed by atoms with Crippen molar-refractivity contribution in [1.82, 2.24) is 10.3 Å². The molecule has 0 aliphatic carbocycles. The molecule has 3 heteroatoms. The van der Waals surface area contributed by atoms with Gasteiger partial charge in [0.25, 0.3) is 0 Å². The molecule has 0 saturated heterocycles. The summed E-state index contributed by atoms with van der Waals surface area (Å²) >= 11 is 0. The second-order valence-electron chi connectivity index (χ2n) is 4.77. The summed E-state index contributed by atoms with van der Waals surface area (Å²) in [7, 11) is 0. The molecule has 1 aromatic rings. The highest BCUT2D eigenvalue weighted by molar-refractivity contribution is 5.10. The third kappa shape index (κ3) is 5.26. The van der Waals surface area contributed by atoms with Crippen molar-refractivity contribution >= 4 is 0 Å². The van der Waals surface area contributed by atoms with E-state index in [1.165, 1.54) is 31.5 Å². The van der Waals surface area contributed by atoms with Crippen molar-refractivity contribution in [3.63, 3.8) is 0 Å². The van der Waals surface area contributed by atoms with Crippen LogP contribution in [0.15, 0.2) is 18.3 Å². The highest BCUT2D eigenvalue weighted by Gasteiger charge is 2.13. The van der Waals surface area contributed by atoms with Crippen molar-refractivity contribution in [3.05, 3.63) is 29.8 Å². The van der Waals surface area contributed by atoms with Crippen molar-refractivity contribution in [1.29, 1.82) is 0 Å². The third-order valence-electron chi connectivity index (χ3n) is 2.74. The molecule has 0 aliphatic rings. The average Bonchev–Trinajstić information content (AvgIpc) is 2.28. The molecule has 1 N–H and O–H groups in total. The molecule has 1 unspecified atom stereocenters. The van der Waals surface area contributed by atoms with Crippen LogP contribution in [0.1, 0.15) is 58.2 Å². The van der Waals surface area contributed by atoms with Crippen LogP contribution in [0.4, 0.5) is 4.39 Å². The Bertz CT molecular complexity index is 309. The molecule has 0 aromatic carbocycles. The maximum absolute atomic E-state index is 12.8. The van der Waals surface area contributed by atoms with Crippen LogP contribution in [-0.4, -0.2) is 11.0 Å². The molecule has 2 nitrogen and oxygen atoms in total. The van der Waals surface area contributed by atoms with E-state index in [1.807, 2.05) is 0 Å². The van der Waals surface area contributed by atoms with E-state index in [-0.39, 0.29) is 11.9 Å². The summed E-state index contributed by atoms with van der Waals surface area (Å²) in [5, 5.41) is 3.49. The van der Waals surface area contributed by atoms with Gasteiger partial charge in [0.2, 0.25) is 0 Å². The van der Waals surface area contributed by atoms with Crippen LogP contribution in [0.2, 0.25) is 0 Å². The van der Waals surface area contributed by atoms with E-state index in [9.17, 15) is 4.39 Å². The number of halogens is 1. The van der Waals surface area contributed by atoms with Crippen molar-refractivity contribution in [2.45, 2.75) is 58.5 Å². The van der Waals surface area contributed by atoms with Crippen LogP contribution in [0, 0.1) is 5.82 Å². The lowest BCUT2D eigenvalue weighted by Gasteiger charge is -2.20. The van der Waals surface area contributed by atoms with Gasteiger partial charge in [-0.15, -0.1) is 0 Å². The van der Waals surface area contributed by atoms with Gasteiger partial charge in [-0.25, -0.2) is 4.39 Å². The molecule has 96 valence electrons. The first-order valence-corrected chi connectivity index (χ1v) is 6.51. The van der Waals surface area contributed by atoms with Crippen LogP contribution < -0.4 is 5.32 Å². The van der Waals surface area contributed by atoms with Crippen LogP contribution in [0.25, 0.3) is 0 Å². The standard InChI is InChI=1S/C14H23FN2/c1-4-5-6-7-14(17-11(2)3)13-9-8-12(15)10-16-13/h8-11,14,17H,4-7H2,1-3H3. The molecule has 0 radical (unpaired) electrons. The van der Waals surface area contributed by atoms with Crippen LogP contribution in [-0.2, 0) is 0 Å². The van der Waals surface area contributed by atoms with Crippen molar-refractivity contribution in [3.8, 4) is 0 Å². The Balaban J connectivity index is 2.64. The van der Waals surface area contributed by atoms with Gasteiger partial charge in [0, 0.05) is 12.1 Å². The highest BCUT2D eigenvalue weighted by atomic mass is 19.1. The number of nitrogens with zero attached hydrogens (tertiary/aromatic N) is 1. The number of hydrogen-bond donors (Lipinski definition) is 1. The van der Waals surface area contributed by atoms with E-state index in [1.54, 1.807) is 6.07 Å². The number of unbranched alkanes of at least 4 members (excludes halogenated alkanes) is 2. The van der Waals surface area contributed by atoms with E-state index >= 15 is 0 Å². The number of nitrogens with one attached hydrogen (secondary N) is 1. The first-order chi connectivity index (χ1) is 8.13. The Kier molecular flexibility index (Phi) is 6.12. The summed E-state index contributed by atoms with van der Waals surface area (Å²) in [6.45, 7) is 6.44. The molecule has 0 amide bonds. The normalized spacial score (nSPS) is 13.0. The van der Waals surface area contributed by atoms with Crippen LogP contribution in [0.5, 0.6) is 0 Å². The minimum atomic E-state index is -0.273. The minimum Gasteiger partial charge on any atom is -0.306 e. The molecule has 17 heavy (non-hydrogen) atoms. The van der Waals surface area contributed by atoms with E-state index in [2.05, 4.69) is 31.1 Å². The van der Waals surface area contributed by atoms with Gasteiger partial charge in [-0.05, 0) is 18.6 Å². The largest absolute Gasteiger partial charge is 0.306 e. The highest BCUT2D eigenvalue weighted by Crippen LogP contribution is 2.19. The van der Waals surface area contributed by atoms with Gasteiger partial charge in [-0.2, -0.15) is 0 Å². The van der Waals surface area contributed by atoms with Gasteiger partial charge in [0.15, 0.2) is 0 Å². The molecular weight excluding hydrogens is 215 g/mol. The Morgan fingerprint density at radius 3 is 2.59 bits per heavy atom. The second kappa shape index (κ2) is 7.38. The van der Waals surface area contributed by atoms with E-state index < -0.39 is 0 Å². The average molecular weight is 238 g/mol. The van der Waals surface area contributed by atoms with Crippen molar-refractivity contribution < 1.29 is 4.39 Å². The summed E-state index contributed by atoms with van der Waals surface area (Å²) < 4.78 is 12.8. The molecule has 1 rings (SSSR count). The summed E-state index contributed by atoms with van der Waals surface area (Å²) in [6.07, 6.45) is 5.98. The lowest BCUT2D eigenvalue weighted by molar-refractivity contribution is 0.427. The van der Waals surface area contributed by atoms with Gasteiger partial charge < -0.3 is 5.32 Å². The number of aromatic nitrogens is 1. The molecule has 0 aliphatic heterocycles. The van der Waals surface area contributed by atoms with Gasteiger partial charge in [-0.1, -0.05) is 40.0 Å². The quantitative estimate of drug-likeness (QED) is 0.730. The zero-order chi connectivity index (χ0) is 12.7. The smallest absolute Gasteiger partial charge is 0.141 e. The summed E-state index contributed by atoms with van der Waals surface area (Å²) in [5.41, 5.74) is 0.941. The molecule has 1 heterocycles. The van der Waals surface area contributed by atoms with E-state index in [0.717, 1.165) is 12.1 Å². The lowest BCUT2D eigenvalue weighted by atomic mass is 10.0. The molecule has 0 bridgehead atoms. The van der Waals surface area contributed by atoms with Crippen molar-refractivity contribution in [2.24, 2.45) is 0 Å². The SMILES string of the molecule is CCCCCC(NC(C)C)c1ccc(F)cn1. The maximum atomic E-state index is 12.8. The summed E-state index contributed by atoms with van der Waals surface area (Å²) in [4.78, 5) is 4.17. The first-order valence-electron chi connectivity index (χ1n) is 6.51. The topological polar surface area (TPSA) is 24.9 Å². The fourth-order valence-electron chi connectivity index (χ4n) is 1.91. The predicted molar refractivity (Wildman–Crippen MR) is 69.3 cm³/mol. The van der Waals surface area contributed by atoms with Gasteiger partial charge in [0.1, 0.15) is 5.82 Å². The fourth-order valence-corrected chi connectivity index (χ4v) is 1.91. The molecule has 1 atom stereocenters. The van der Waals surface area contributed by atoms with E-state index in [4.69, 9.17) is 0 Å². The molecular formula is C14H23FN2. The first kappa shape index (κ1) is 14.1. The second-order valence-corrected chi connectivity index (χ2v) is 4.77. The fraction of sp³-hybridized carbons (Fsp3) is 0.643. The summed E-state index contributed by atoms with van der Waals surface area (Å²) in [5.74, 6) is -0.273. The Morgan fingerprint density at radius 1 is 1.29 bits per heavy atom. The number of pyridine rings is 1. The van der Waals surface area contributed by atoms with E-state index in [0.29, 0.717) is 6.04 Å². The Morgan fingerprint density at radius 2 is 2.06 bits per heavy atom. The lowest BCUT2D eigenvalue weighted by Crippen LogP contribution is -2.28. The van der Waals surface area contributed by atoms with Gasteiger partial charge in [-0.3, -0.25) is 4.98 Å². The summed E-state index contributed by atoms with van der Waals surface area (Å²) in [6, 6.07) is 3.91. The zero-order valence-corrected chi connectivity index (χ0v) is 11.0. The molecule has 1 aromatic heterocycles. The minimum absolute atomic E-state index is 0.238. The van der Waals surface area contributed by atoms with Gasteiger partial charge in [0.05, 0.1) is 11.9 Å². The van der Waals surface area contributed by atoms with Crippen LogP contribution in [0.3, 0.4) is 0 Å². The Hall–Kier alpha value is -0.960. The zero-order valence-electron chi connectivity index (χ0n) is 11.0. The third-order valence-corrected chi connectivity index (χ3v) is 2.74. The monoisotopic (exact) mass is 238 g/mol. The maximum Gasteiger partial charge on any atom is 0.141 e. The molecule has 0 fully saturated rings. The molecule has 0 saturated carbocycles. The van der Waals surface area contributed by atoms with Gasteiger partial charge >= 0.3 is 0 Å². The Labute approximate surface area is 104 Å².